The SMILES string of the molecule is O=C(Nc1ccccc1)Nc1ccc(C(=O)NS(=O)(=O)C2CCC2)cc1. The highest BCUT2D eigenvalue weighted by Crippen LogP contribution is 2.25. The zero-order valence-electron chi connectivity index (χ0n) is 13.9. The van der Waals surface area contributed by atoms with Crippen LogP contribution < -0.4 is 15.4 Å². The number of rotatable bonds is 5. The Kier molecular flexibility index (Phi) is 5.22. The minimum Gasteiger partial charge on any atom is -0.308 e. The van der Waals surface area contributed by atoms with Crippen molar-refractivity contribution in [2.45, 2.75) is 24.5 Å². The number of urea groups is 1. The van der Waals surface area contributed by atoms with E-state index in [2.05, 4.69) is 15.4 Å². The number of hydrogen-bond acceptors (Lipinski definition) is 4. The second-order valence-electron chi connectivity index (χ2n) is 6.05. The molecule has 0 aromatic heterocycles. The molecule has 0 radical (unpaired) electrons. The third kappa shape index (κ3) is 4.40. The van der Waals surface area contributed by atoms with Crippen LogP contribution in [0.5, 0.6) is 0 Å². The molecule has 0 bridgehead atoms. The molecule has 0 unspecified atom stereocenters. The van der Waals surface area contributed by atoms with Crippen LogP contribution in [0.4, 0.5) is 16.2 Å². The number of hydrogen-bond donors (Lipinski definition) is 3. The molecule has 26 heavy (non-hydrogen) atoms. The van der Waals surface area contributed by atoms with Gasteiger partial charge in [0.25, 0.3) is 5.91 Å². The maximum atomic E-state index is 12.1. The van der Waals surface area contributed by atoms with Crippen molar-refractivity contribution in [3.8, 4) is 0 Å². The first-order chi connectivity index (χ1) is 12.4. The maximum Gasteiger partial charge on any atom is 0.323 e. The minimum atomic E-state index is -3.61. The summed E-state index contributed by atoms with van der Waals surface area (Å²) in [5.41, 5.74) is 1.35. The van der Waals surface area contributed by atoms with Gasteiger partial charge < -0.3 is 10.6 Å². The summed E-state index contributed by atoms with van der Waals surface area (Å²) in [6.45, 7) is 0. The second kappa shape index (κ2) is 7.57. The van der Waals surface area contributed by atoms with E-state index in [0.717, 1.165) is 6.42 Å². The van der Waals surface area contributed by atoms with Crippen molar-refractivity contribution in [3.63, 3.8) is 0 Å². The lowest BCUT2D eigenvalue weighted by Crippen LogP contribution is -2.41. The van der Waals surface area contributed by atoms with Crippen molar-refractivity contribution in [3.05, 3.63) is 60.2 Å². The van der Waals surface area contributed by atoms with Gasteiger partial charge in [0.15, 0.2) is 0 Å². The Balaban J connectivity index is 1.57. The zero-order chi connectivity index (χ0) is 18.6. The summed E-state index contributed by atoms with van der Waals surface area (Å²) in [6, 6.07) is 14.6. The van der Waals surface area contributed by atoms with E-state index < -0.39 is 27.2 Å². The third-order valence-electron chi connectivity index (χ3n) is 4.16. The Bertz CT molecular complexity index is 892. The summed E-state index contributed by atoms with van der Waals surface area (Å²) >= 11 is 0. The fourth-order valence-corrected chi connectivity index (χ4v) is 3.97. The molecular formula is C18H19N3O4S. The normalized spacial score (nSPS) is 14.2. The minimum absolute atomic E-state index is 0.210. The predicted octanol–water partition coefficient (Wildman–Crippen LogP) is 2.94. The first kappa shape index (κ1) is 17.9. The van der Waals surface area contributed by atoms with Crippen molar-refractivity contribution >= 4 is 33.3 Å². The number of carbonyl (C=O) groups excluding carboxylic acids is 2. The Morgan fingerprint density at radius 2 is 1.42 bits per heavy atom. The van der Waals surface area contributed by atoms with Gasteiger partial charge >= 0.3 is 6.03 Å². The lowest BCUT2D eigenvalue weighted by Gasteiger charge is -2.25. The molecule has 1 aliphatic carbocycles. The summed E-state index contributed by atoms with van der Waals surface area (Å²) in [5, 5.41) is 4.84. The molecule has 3 N–H and O–H groups in total. The molecule has 3 rings (SSSR count). The molecule has 3 amide bonds. The van der Waals surface area contributed by atoms with Gasteiger partial charge in [0.1, 0.15) is 0 Å². The monoisotopic (exact) mass is 373 g/mol. The quantitative estimate of drug-likeness (QED) is 0.749. The van der Waals surface area contributed by atoms with Gasteiger partial charge in [0.05, 0.1) is 5.25 Å². The molecule has 0 aliphatic heterocycles. The molecule has 8 heteroatoms. The van der Waals surface area contributed by atoms with Crippen LogP contribution in [0.1, 0.15) is 29.6 Å². The molecule has 0 saturated heterocycles. The number of para-hydroxylation sites is 1. The topological polar surface area (TPSA) is 104 Å². The largest absolute Gasteiger partial charge is 0.323 e. The molecule has 2 aromatic carbocycles. The molecule has 1 saturated carbocycles. The third-order valence-corrected chi connectivity index (χ3v) is 5.98. The van der Waals surface area contributed by atoms with E-state index in [-0.39, 0.29) is 5.56 Å². The Labute approximate surface area is 151 Å². The van der Waals surface area contributed by atoms with Gasteiger partial charge in [-0.2, -0.15) is 0 Å². The highest BCUT2D eigenvalue weighted by atomic mass is 32.2. The average Bonchev–Trinajstić information content (AvgIpc) is 2.53. The number of carbonyl (C=O) groups is 2. The highest BCUT2D eigenvalue weighted by Gasteiger charge is 2.32. The molecule has 7 nitrogen and oxygen atoms in total. The number of benzene rings is 2. The van der Waals surface area contributed by atoms with Crippen molar-refractivity contribution in [1.82, 2.24) is 4.72 Å². The van der Waals surface area contributed by atoms with Crippen LogP contribution in [-0.4, -0.2) is 25.6 Å². The van der Waals surface area contributed by atoms with Gasteiger partial charge in [-0.1, -0.05) is 24.6 Å². The van der Waals surface area contributed by atoms with Crippen molar-refractivity contribution in [2.24, 2.45) is 0 Å². The first-order valence-corrected chi connectivity index (χ1v) is 9.78. The van der Waals surface area contributed by atoms with Gasteiger partial charge in [-0.05, 0) is 49.2 Å². The molecule has 1 aliphatic rings. The van der Waals surface area contributed by atoms with E-state index in [4.69, 9.17) is 0 Å². The zero-order valence-corrected chi connectivity index (χ0v) is 14.8. The fourth-order valence-electron chi connectivity index (χ4n) is 2.47. The van der Waals surface area contributed by atoms with E-state index in [1.165, 1.54) is 24.3 Å². The molecule has 0 spiro atoms. The molecule has 0 atom stereocenters. The van der Waals surface area contributed by atoms with Gasteiger partial charge in [-0.25, -0.2) is 17.9 Å². The summed E-state index contributed by atoms with van der Waals surface area (Å²) < 4.78 is 26.1. The van der Waals surface area contributed by atoms with E-state index in [1.54, 1.807) is 24.3 Å². The number of anilines is 2. The van der Waals surface area contributed by atoms with E-state index in [0.29, 0.717) is 24.2 Å². The number of nitrogens with one attached hydrogen (secondary N) is 3. The van der Waals surface area contributed by atoms with Gasteiger partial charge in [-0.3, -0.25) is 4.79 Å². The summed E-state index contributed by atoms with van der Waals surface area (Å²) in [7, 11) is -3.61. The molecule has 2 aromatic rings. The Morgan fingerprint density at radius 1 is 0.846 bits per heavy atom. The van der Waals surface area contributed by atoms with Crippen LogP contribution in [0.15, 0.2) is 54.6 Å². The summed E-state index contributed by atoms with van der Waals surface area (Å²) in [5.74, 6) is -0.669. The molecular weight excluding hydrogens is 354 g/mol. The van der Waals surface area contributed by atoms with Crippen LogP contribution in [0, 0.1) is 0 Å². The smallest absolute Gasteiger partial charge is 0.308 e. The molecule has 136 valence electrons. The van der Waals surface area contributed by atoms with Crippen LogP contribution in [0.25, 0.3) is 0 Å². The number of sulfonamides is 1. The molecule has 0 heterocycles. The standard InChI is InChI=1S/C18H19N3O4S/c22-17(21-26(24,25)16-7-4-8-16)13-9-11-15(12-10-13)20-18(23)19-14-5-2-1-3-6-14/h1-3,5-6,9-12,16H,4,7-8H2,(H,21,22)(H2,19,20,23). The van der Waals surface area contributed by atoms with Crippen LogP contribution >= 0.6 is 0 Å². The van der Waals surface area contributed by atoms with Crippen molar-refractivity contribution < 1.29 is 18.0 Å². The average molecular weight is 373 g/mol. The van der Waals surface area contributed by atoms with Crippen molar-refractivity contribution in [1.29, 1.82) is 0 Å². The summed E-state index contributed by atoms with van der Waals surface area (Å²) in [6.07, 6.45) is 2.04. The van der Waals surface area contributed by atoms with Gasteiger partial charge in [0, 0.05) is 16.9 Å². The lowest BCUT2D eigenvalue weighted by atomic mass is 10.0. The molecule has 1 fully saturated rings. The van der Waals surface area contributed by atoms with Gasteiger partial charge in [0.2, 0.25) is 10.0 Å². The fraction of sp³-hybridized carbons (Fsp3) is 0.222. The first-order valence-electron chi connectivity index (χ1n) is 8.23. The number of amides is 3. The summed E-state index contributed by atoms with van der Waals surface area (Å²) in [4.78, 5) is 24.0. The maximum absolute atomic E-state index is 12.1. The van der Waals surface area contributed by atoms with Crippen LogP contribution in [0.3, 0.4) is 0 Å². The van der Waals surface area contributed by atoms with Crippen LogP contribution in [0.2, 0.25) is 0 Å². The Hall–Kier alpha value is -2.87. The van der Waals surface area contributed by atoms with E-state index >= 15 is 0 Å². The second-order valence-corrected chi connectivity index (χ2v) is 8.01. The van der Waals surface area contributed by atoms with E-state index in [1.807, 2.05) is 6.07 Å². The van der Waals surface area contributed by atoms with Crippen LogP contribution in [-0.2, 0) is 10.0 Å². The lowest BCUT2D eigenvalue weighted by molar-refractivity contribution is 0.0980. The van der Waals surface area contributed by atoms with Crippen molar-refractivity contribution in [2.75, 3.05) is 10.6 Å². The Morgan fingerprint density at radius 3 is 1.96 bits per heavy atom. The van der Waals surface area contributed by atoms with E-state index in [9.17, 15) is 18.0 Å². The van der Waals surface area contributed by atoms with Gasteiger partial charge in [-0.15, -0.1) is 0 Å². The predicted molar refractivity (Wildman–Crippen MR) is 99.6 cm³/mol. The highest BCUT2D eigenvalue weighted by molar-refractivity contribution is 7.90.